The van der Waals surface area contributed by atoms with Gasteiger partial charge in [0.2, 0.25) is 5.91 Å². The second-order valence-electron chi connectivity index (χ2n) is 5.12. The highest BCUT2D eigenvalue weighted by atomic mass is 16.2. The van der Waals surface area contributed by atoms with E-state index in [0.717, 1.165) is 37.1 Å². The fraction of sp³-hybridized carbons (Fsp3) is 0.385. The topological polar surface area (TPSA) is 98.7 Å². The summed E-state index contributed by atoms with van der Waals surface area (Å²) in [7, 11) is 0. The number of amides is 1. The number of nitrogens with one attached hydrogen (secondary N) is 1. The number of carbonyl (C=O) groups excluding carboxylic acids is 1. The minimum atomic E-state index is -0.714. The van der Waals surface area contributed by atoms with E-state index in [0.29, 0.717) is 0 Å². The lowest BCUT2D eigenvalue weighted by atomic mass is 9.98. The normalized spacial score (nSPS) is 17.1. The van der Waals surface area contributed by atoms with Crippen molar-refractivity contribution in [3.05, 3.63) is 30.6 Å². The van der Waals surface area contributed by atoms with Gasteiger partial charge in [0, 0.05) is 5.69 Å². The van der Waals surface area contributed by atoms with Crippen molar-refractivity contribution in [1.29, 1.82) is 0 Å². The maximum absolute atomic E-state index is 12.2. The first-order valence-corrected chi connectivity index (χ1v) is 6.61. The van der Waals surface area contributed by atoms with Crippen molar-refractivity contribution in [2.45, 2.75) is 31.2 Å². The first kappa shape index (κ1) is 12.7. The van der Waals surface area contributed by atoms with Crippen molar-refractivity contribution in [3.63, 3.8) is 0 Å². The number of aromatic nitrogens is 4. The van der Waals surface area contributed by atoms with Crippen LogP contribution in [0.3, 0.4) is 0 Å². The van der Waals surface area contributed by atoms with Gasteiger partial charge in [0.05, 0.1) is 11.2 Å². The molecule has 0 spiro atoms. The van der Waals surface area contributed by atoms with E-state index in [1.165, 1.54) is 6.33 Å². The van der Waals surface area contributed by atoms with Crippen LogP contribution >= 0.6 is 0 Å². The summed E-state index contributed by atoms with van der Waals surface area (Å²) in [6, 6.07) is 7.30. The molecule has 1 fully saturated rings. The third-order valence-electron chi connectivity index (χ3n) is 3.69. The van der Waals surface area contributed by atoms with Crippen molar-refractivity contribution >= 4 is 11.6 Å². The van der Waals surface area contributed by atoms with Gasteiger partial charge >= 0.3 is 0 Å². The molecule has 1 aliphatic rings. The molecule has 1 aliphatic carbocycles. The number of anilines is 1. The second kappa shape index (κ2) is 5.01. The monoisotopic (exact) mass is 272 g/mol. The molecule has 0 atom stereocenters. The molecule has 0 saturated heterocycles. The van der Waals surface area contributed by atoms with Crippen molar-refractivity contribution in [2.24, 2.45) is 5.73 Å². The van der Waals surface area contributed by atoms with Crippen molar-refractivity contribution in [1.82, 2.24) is 20.2 Å². The first-order chi connectivity index (χ1) is 9.67. The van der Waals surface area contributed by atoms with Crippen LogP contribution in [0, 0.1) is 0 Å². The van der Waals surface area contributed by atoms with Crippen molar-refractivity contribution in [2.75, 3.05) is 5.32 Å². The van der Waals surface area contributed by atoms with Gasteiger partial charge in [-0.3, -0.25) is 4.79 Å². The number of benzene rings is 1. The minimum absolute atomic E-state index is 0.106. The van der Waals surface area contributed by atoms with Gasteiger partial charge in [0.25, 0.3) is 0 Å². The van der Waals surface area contributed by atoms with E-state index in [4.69, 9.17) is 5.73 Å². The Morgan fingerprint density at radius 1 is 1.25 bits per heavy atom. The average molecular weight is 272 g/mol. The molecule has 1 aromatic carbocycles. The van der Waals surface area contributed by atoms with Crippen LogP contribution in [0.5, 0.6) is 0 Å². The van der Waals surface area contributed by atoms with Gasteiger partial charge in [0.1, 0.15) is 6.33 Å². The van der Waals surface area contributed by atoms with Gasteiger partial charge in [-0.1, -0.05) is 12.8 Å². The maximum atomic E-state index is 12.2. The van der Waals surface area contributed by atoms with Crippen LogP contribution in [-0.2, 0) is 4.79 Å². The summed E-state index contributed by atoms with van der Waals surface area (Å²) in [5, 5.41) is 13.8. The average Bonchev–Trinajstić information content (AvgIpc) is 3.11. The van der Waals surface area contributed by atoms with Gasteiger partial charge in [-0.15, -0.1) is 5.10 Å². The number of tetrazole rings is 1. The lowest BCUT2D eigenvalue weighted by Crippen LogP contribution is -2.48. The summed E-state index contributed by atoms with van der Waals surface area (Å²) in [6.07, 6.45) is 5.05. The standard InChI is InChI=1S/C13H16N6O/c14-13(7-1-2-8-13)12(20)16-10-3-5-11(6-4-10)19-9-15-17-18-19/h3-6,9H,1-2,7-8,14H2,(H,16,20). The molecule has 3 N–H and O–H groups in total. The summed E-state index contributed by atoms with van der Waals surface area (Å²) in [5.74, 6) is -0.106. The van der Waals surface area contributed by atoms with E-state index in [1.807, 2.05) is 24.3 Å². The highest BCUT2D eigenvalue weighted by molar-refractivity contribution is 5.98. The highest BCUT2D eigenvalue weighted by Crippen LogP contribution is 2.28. The van der Waals surface area contributed by atoms with Crippen LogP contribution in [0.25, 0.3) is 5.69 Å². The predicted molar refractivity (Wildman–Crippen MR) is 73.2 cm³/mol. The number of hydrogen-bond donors (Lipinski definition) is 2. The molecule has 0 aliphatic heterocycles. The van der Waals surface area contributed by atoms with E-state index in [1.54, 1.807) is 4.68 Å². The smallest absolute Gasteiger partial charge is 0.244 e. The van der Waals surface area contributed by atoms with Crippen LogP contribution in [0.15, 0.2) is 30.6 Å². The number of nitrogens with two attached hydrogens (primary N) is 1. The van der Waals surface area contributed by atoms with E-state index in [2.05, 4.69) is 20.8 Å². The van der Waals surface area contributed by atoms with Gasteiger partial charge in [-0.25, -0.2) is 4.68 Å². The Balaban J connectivity index is 1.71. The predicted octanol–water partition coefficient (Wildman–Crippen LogP) is 0.872. The zero-order valence-corrected chi connectivity index (χ0v) is 11.0. The number of rotatable bonds is 3. The summed E-state index contributed by atoms with van der Waals surface area (Å²) >= 11 is 0. The van der Waals surface area contributed by atoms with Crippen LogP contribution in [-0.4, -0.2) is 31.7 Å². The lowest BCUT2D eigenvalue weighted by Gasteiger charge is -2.22. The summed E-state index contributed by atoms with van der Waals surface area (Å²) in [4.78, 5) is 12.2. The highest BCUT2D eigenvalue weighted by Gasteiger charge is 2.36. The van der Waals surface area contributed by atoms with Crippen LogP contribution in [0.2, 0.25) is 0 Å². The molecule has 0 bridgehead atoms. The number of nitrogens with zero attached hydrogens (tertiary/aromatic N) is 4. The molecule has 1 heterocycles. The lowest BCUT2D eigenvalue weighted by molar-refractivity contribution is -0.121. The molecule has 1 aromatic heterocycles. The van der Waals surface area contributed by atoms with Crippen LogP contribution < -0.4 is 11.1 Å². The van der Waals surface area contributed by atoms with Gasteiger partial charge in [-0.05, 0) is 47.5 Å². The molecular formula is C13H16N6O. The second-order valence-corrected chi connectivity index (χ2v) is 5.12. The fourth-order valence-corrected chi connectivity index (χ4v) is 2.47. The fourth-order valence-electron chi connectivity index (χ4n) is 2.47. The molecule has 3 rings (SSSR count). The largest absolute Gasteiger partial charge is 0.324 e. The van der Waals surface area contributed by atoms with Crippen molar-refractivity contribution in [3.8, 4) is 5.69 Å². The van der Waals surface area contributed by atoms with Gasteiger partial charge < -0.3 is 11.1 Å². The van der Waals surface area contributed by atoms with Gasteiger partial charge in [0.15, 0.2) is 0 Å². The van der Waals surface area contributed by atoms with E-state index in [9.17, 15) is 4.79 Å². The molecule has 20 heavy (non-hydrogen) atoms. The number of hydrogen-bond acceptors (Lipinski definition) is 5. The molecule has 7 heteroatoms. The first-order valence-electron chi connectivity index (χ1n) is 6.61. The molecule has 104 valence electrons. The van der Waals surface area contributed by atoms with Crippen LogP contribution in [0.1, 0.15) is 25.7 Å². The summed E-state index contributed by atoms with van der Waals surface area (Å²) < 4.78 is 1.55. The zero-order valence-electron chi connectivity index (χ0n) is 11.0. The molecule has 2 aromatic rings. The quantitative estimate of drug-likeness (QED) is 0.863. The van der Waals surface area contributed by atoms with E-state index >= 15 is 0 Å². The summed E-state index contributed by atoms with van der Waals surface area (Å²) in [5.41, 5.74) is 6.96. The minimum Gasteiger partial charge on any atom is -0.324 e. The van der Waals surface area contributed by atoms with Gasteiger partial charge in [-0.2, -0.15) is 0 Å². The Bertz CT molecular complexity index is 586. The van der Waals surface area contributed by atoms with E-state index < -0.39 is 5.54 Å². The van der Waals surface area contributed by atoms with Crippen molar-refractivity contribution < 1.29 is 4.79 Å². The van der Waals surface area contributed by atoms with Crippen LogP contribution in [0.4, 0.5) is 5.69 Å². The molecular weight excluding hydrogens is 256 g/mol. The molecule has 1 amide bonds. The molecule has 0 radical (unpaired) electrons. The Hall–Kier alpha value is -2.28. The molecule has 1 saturated carbocycles. The zero-order chi connectivity index (χ0) is 14.0. The third-order valence-corrected chi connectivity index (χ3v) is 3.69. The Morgan fingerprint density at radius 2 is 1.95 bits per heavy atom. The Labute approximate surface area is 116 Å². The Kier molecular flexibility index (Phi) is 3.19. The summed E-state index contributed by atoms with van der Waals surface area (Å²) in [6.45, 7) is 0. The molecule has 0 unspecified atom stereocenters. The number of carbonyl (C=O) groups is 1. The maximum Gasteiger partial charge on any atom is 0.244 e. The molecule has 7 nitrogen and oxygen atoms in total. The SMILES string of the molecule is NC1(C(=O)Nc2ccc(-n3cnnn3)cc2)CCCC1. The van der Waals surface area contributed by atoms with E-state index in [-0.39, 0.29) is 5.91 Å². The Morgan fingerprint density at radius 3 is 2.55 bits per heavy atom. The third kappa shape index (κ3) is 2.39.